The van der Waals surface area contributed by atoms with Crippen LogP contribution in [0.2, 0.25) is 0 Å². The van der Waals surface area contributed by atoms with Gasteiger partial charge in [0, 0.05) is 33.7 Å². The monoisotopic (exact) mass is 786 g/mol. The van der Waals surface area contributed by atoms with Crippen molar-refractivity contribution in [3.8, 4) is 11.5 Å². The number of hydrogen-bond acceptors (Lipinski definition) is 10. The number of thiophene rings is 2. The quantitative estimate of drug-likeness (QED) is 0.0680. The van der Waals surface area contributed by atoms with Crippen LogP contribution in [0.25, 0.3) is 0 Å². The first-order chi connectivity index (χ1) is 27.5. The number of hydrazine groups is 2. The van der Waals surface area contributed by atoms with E-state index in [1.54, 1.807) is 22.7 Å². The van der Waals surface area contributed by atoms with Gasteiger partial charge in [-0.3, -0.25) is 10.0 Å². The van der Waals surface area contributed by atoms with Crippen molar-refractivity contribution in [3.63, 3.8) is 0 Å². The van der Waals surface area contributed by atoms with Crippen LogP contribution in [0.15, 0.2) is 144 Å². The van der Waals surface area contributed by atoms with Crippen molar-refractivity contribution >= 4 is 34.0 Å². The molecule has 4 unspecified atom stereocenters. The summed E-state index contributed by atoms with van der Waals surface area (Å²) in [6.45, 7) is 1.34. The molecule has 8 rings (SSSR count). The Labute approximate surface area is 337 Å². The minimum Gasteiger partial charge on any atom is -0.494 e. The van der Waals surface area contributed by atoms with Crippen molar-refractivity contribution in [1.82, 2.24) is 10.9 Å². The maximum atomic E-state index is 12.1. The lowest BCUT2D eigenvalue weighted by Crippen LogP contribution is -2.46. The molecule has 6 aromatic rings. The van der Waals surface area contributed by atoms with Gasteiger partial charge in [-0.1, -0.05) is 98.5 Å². The zero-order valence-electron chi connectivity index (χ0n) is 31.5. The van der Waals surface area contributed by atoms with Gasteiger partial charge in [-0.2, -0.15) is 0 Å². The number of anilines is 2. The molecule has 8 nitrogen and oxygen atoms in total. The SMILES string of the molecule is OC1(c2ccc(OCCCCCCCCOc3ccc(C4(O)CC(c5cccs5)NN4c4ccccc4)cc3)cc2)CC(c2cccs2)NN1c1ccccc1. The third-order valence-corrected chi connectivity index (χ3v) is 12.8. The lowest BCUT2D eigenvalue weighted by atomic mass is 9.96. The van der Waals surface area contributed by atoms with Crippen LogP contribution < -0.4 is 30.3 Å². The Morgan fingerprint density at radius 3 is 1.27 bits per heavy atom. The minimum absolute atomic E-state index is 0.0228. The number of nitrogens with zero attached hydrogens (tertiary/aromatic N) is 2. The molecule has 0 radical (unpaired) electrons. The molecule has 0 amide bonds. The minimum atomic E-state index is -1.19. The van der Waals surface area contributed by atoms with E-state index in [2.05, 4.69) is 45.9 Å². The van der Waals surface area contributed by atoms with Gasteiger partial charge in [0.25, 0.3) is 0 Å². The van der Waals surface area contributed by atoms with Gasteiger partial charge in [0.2, 0.25) is 0 Å². The summed E-state index contributed by atoms with van der Waals surface area (Å²) in [6.07, 6.45) is 7.64. The summed E-state index contributed by atoms with van der Waals surface area (Å²) in [5.74, 6) is 1.64. The second-order valence-electron chi connectivity index (χ2n) is 14.6. The van der Waals surface area contributed by atoms with Gasteiger partial charge >= 0.3 is 0 Å². The number of rotatable bonds is 17. The molecule has 4 aromatic carbocycles. The van der Waals surface area contributed by atoms with Gasteiger partial charge < -0.3 is 19.7 Å². The number of benzene rings is 4. The number of para-hydroxylation sites is 2. The lowest BCUT2D eigenvalue weighted by Gasteiger charge is -2.34. The third-order valence-electron chi connectivity index (χ3n) is 10.8. The summed E-state index contributed by atoms with van der Waals surface area (Å²) in [5, 5.41) is 32.1. The fourth-order valence-corrected chi connectivity index (χ4v) is 9.37. The Morgan fingerprint density at radius 2 is 0.893 bits per heavy atom. The van der Waals surface area contributed by atoms with Crippen molar-refractivity contribution in [2.45, 2.75) is 74.9 Å². The summed E-state index contributed by atoms with van der Waals surface area (Å²) in [6, 6.07) is 44.2. The van der Waals surface area contributed by atoms with E-state index in [-0.39, 0.29) is 12.1 Å². The molecule has 10 heteroatoms. The van der Waals surface area contributed by atoms with Gasteiger partial charge in [0.15, 0.2) is 11.4 Å². The van der Waals surface area contributed by atoms with E-state index in [1.165, 1.54) is 9.75 Å². The van der Waals surface area contributed by atoms with Crippen molar-refractivity contribution in [1.29, 1.82) is 0 Å². The lowest BCUT2D eigenvalue weighted by molar-refractivity contribution is 0.0431. The van der Waals surface area contributed by atoms with Gasteiger partial charge in [-0.15, -0.1) is 22.7 Å². The van der Waals surface area contributed by atoms with E-state index in [0.29, 0.717) is 26.1 Å². The van der Waals surface area contributed by atoms with Crippen LogP contribution in [-0.4, -0.2) is 23.4 Å². The van der Waals surface area contributed by atoms with E-state index in [0.717, 1.165) is 72.5 Å². The molecule has 2 saturated heterocycles. The van der Waals surface area contributed by atoms with Crippen LogP contribution in [0.1, 0.15) is 84.3 Å². The Kier molecular flexibility index (Phi) is 12.0. The Bertz CT molecular complexity index is 1920. The highest BCUT2D eigenvalue weighted by molar-refractivity contribution is 7.10. The number of ether oxygens (including phenoxy) is 2. The summed E-state index contributed by atoms with van der Waals surface area (Å²) < 4.78 is 12.2. The summed E-state index contributed by atoms with van der Waals surface area (Å²) in [7, 11) is 0. The van der Waals surface area contributed by atoms with Gasteiger partial charge in [-0.05, 0) is 84.3 Å². The van der Waals surface area contributed by atoms with Crippen LogP contribution >= 0.6 is 22.7 Å². The molecule has 0 bridgehead atoms. The summed E-state index contributed by atoms with van der Waals surface area (Å²) in [4.78, 5) is 2.41. The van der Waals surface area contributed by atoms with E-state index >= 15 is 0 Å². The first kappa shape index (κ1) is 38.2. The van der Waals surface area contributed by atoms with E-state index < -0.39 is 11.4 Å². The van der Waals surface area contributed by atoms with Crippen molar-refractivity contribution in [2.75, 3.05) is 23.2 Å². The van der Waals surface area contributed by atoms with Gasteiger partial charge in [-0.25, -0.2) is 10.9 Å². The molecule has 2 aromatic heterocycles. The van der Waals surface area contributed by atoms with Gasteiger partial charge in [0.05, 0.1) is 36.7 Å². The Hall–Kier alpha value is -4.68. The van der Waals surface area contributed by atoms with Crippen molar-refractivity contribution < 1.29 is 19.7 Å². The fraction of sp³-hybridized carbons (Fsp3) is 0.304. The van der Waals surface area contributed by atoms with Crippen molar-refractivity contribution in [2.24, 2.45) is 0 Å². The van der Waals surface area contributed by atoms with E-state index in [9.17, 15) is 10.2 Å². The summed E-state index contributed by atoms with van der Waals surface area (Å²) >= 11 is 3.40. The second kappa shape index (κ2) is 17.6. The molecule has 2 aliphatic rings. The van der Waals surface area contributed by atoms with Crippen LogP contribution in [0.4, 0.5) is 11.4 Å². The predicted octanol–water partition coefficient (Wildman–Crippen LogP) is 10.2. The molecular weight excluding hydrogens is 737 g/mol. The molecule has 2 fully saturated rings. The molecule has 0 saturated carbocycles. The highest BCUT2D eigenvalue weighted by Gasteiger charge is 2.48. The fourth-order valence-electron chi connectivity index (χ4n) is 7.83. The molecule has 56 heavy (non-hydrogen) atoms. The van der Waals surface area contributed by atoms with Crippen molar-refractivity contribution in [3.05, 3.63) is 165 Å². The third kappa shape index (κ3) is 8.51. The first-order valence-electron chi connectivity index (χ1n) is 19.7. The maximum Gasteiger partial charge on any atom is 0.179 e. The topological polar surface area (TPSA) is 89.5 Å². The summed E-state index contributed by atoms with van der Waals surface area (Å²) in [5.41, 5.74) is 8.24. The smallest absolute Gasteiger partial charge is 0.179 e. The maximum absolute atomic E-state index is 12.1. The number of aliphatic hydroxyl groups is 2. The second-order valence-corrected chi connectivity index (χ2v) is 16.6. The average Bonchev–Trinajstić information content (AvgIpc) is 4.08. The van der Waals surface area contributed by atoms with Crippen LogP contribution in [0.3, 0.4) is 0 Å². The van der Waals surface area contributed by atoms with Gasteiger partial charge in [0.1, 0.15) is 11.5 Å². The highest BCUT2D eigenvalue weighted by atomic mass is 32.1. The zero-order valence-corrected chi connectivity index (χ0v) is 33.1. The molecule has 4 atom stereocenters. The average molecular weight is 787 g/mol. The molecule has 4 heterocycles. The standard InChI is InChI=1S/C46H50N4O4S2/c51-45(33-41(43-19-13-31-55-43)47-49(45)37-15-7-5-8-16-37)35-21-25-39(26-22-35)53-29-11-3-1-2-4-12-30-54-40-27-23-36(24-28-40)46(52)34-42(44-20-14-32-56-44)48-50(46)38-17-9-6-10-18-38/h5-10,13-28,31-32,41-42,47-48,51-52H,1-4,11-12,29-30,33-34H2. The predicted molar refractivity (Wildman–Crippen MR) is 227 cm³/mol. The molecule has 2 aliphatic heterocycles. The normalized spacial score (nSPS) is 22.1. The molecular formula is C46H50N4O4S2. The molecule has 0 aliphatic carbocycles. The molecule has 0 spiro atoms. The van der Waals surface area contributed by atoms with Crippen LogP contribution in [0.5, 0.6) is 11.5 Å². The molecule has 4 N–H and O–H groups in total. The number of unbranched alkanes of at least 4 members (excludes halogenated alkanes) is 5. The van der Waals surface area contributed by atoms with E-state index in [4.69, 9.17) is 9.47 Å². The molecule has 290 valence electrons. The van der Waals surface area contributed by atoms with E-state index in [1.807, 2.05) is 119 Å². The zero-order chi connectivity index (χ0) is 38.2. The number of nitrogens with one attached hydrogen (secondary N) is 2. The Morgan fingerprint density at radius 1 is 0.500 bits per heavy atom. The number of hydrogen-bond donors (Lipinski definition) is 4. The highest BCUT2D eigenvalue weighted by Crippen LogP contribution is 2.46. The largest absolute Gasteiger partial charge is 0.494 e. The van der Waals surface area contributed by atoms with Crippen LogP contribution in [0, 0.1) is 0 Å². The first-order valence-corrected chi connectivity index (χ1v) is 21.5. The van der Waals surface area contributed by atoms with Crippen LogP contribution in [-0.2, 0) is 11.4 Å². The Balaban J connectivity index is 0.743.